The van der Waals surface area contributed by atoms with E-state index in [0.29, 0.717) is 6.61 Å². The molecule has 4 aromatic rings. The highest BCUT2D eigenvalue weighted by Gasteiger charge is 2.23. The number of benzene rings is 3. The van der Waals surface area contributed by atoms with Gasteiger partial charge < -0.3 is 19.1 Å². The van der Waals surface area contributed by atoms with E-state index in [2.05, 4.69) is 53.4 Å². The maximum absolute atomic E-state index is 6.81. The normalized spacial score (nSPS) is 13.8. The zero-order chi connectivity index (χ0) is 22.6. The van der Waals surface area contributed by atoms with Gasteiger partial charge in [-0.05, 0) is 68.1 Å². The van der Waals surface area contributed by atoms with Gasteiger partial charge in [-0.2, -0.15) is 0 Å². The maximum atomic E-state index is 6.81. The smallest absolute Gasteiger partial charge is 0.154 e. The maximum Gasteiger partial charge on any atom is 0.154 e. The topological polar surface area (TPSA) is 30.9 Å². The van der Waals surface area contributed by atoms with Gasteiger partial charge in [0.25, 0.3) is 0 Å². The second kappa shape index (κ2) is 9.75. The second-order valence-corrected chi connectivity index (χ2v) is 9.23. The van der Waals surface area contributed by atoms with Crippen LogP contribution >= 0.6 is 11.3 Å². The molecule has 5 heteroatoms. The van der Waals surface area contributed by atoms with E-state index in [-0.39, 0.29) is 0 Å². The van der Waals surface area contributed by atoms with Crippen LogP contribution in [0.2, 0.25) is 0 Å². The number of fused-ring (bicyclic) bond motifs is 1. The van der Waals surface area contributed by atoms with Gasteiger partial charge in [0.2, 0.25) is 0 Å². The number of thiophene rings is 1. The molecule has 0 unspecified atom stereocenters. The van der Waals surface area contributed by atoms with Gasteiger partial charge in [0.1, 0.15) is 17.2 Å². The summed E-state index contributed by atoms with van der Waals surface area (Å²) in [6, 6.07) is 22.7. The minimum absolute atomic E-state index is 0.626. The van der Waals surface area contributed by atoms with Gasteiger partial charge in [0, 0.05) is 23.2 Å². The van der Waals surface area contributed by atoms with E-state index < -0.39 is 0 Å². The van der Waals surface area contributed by atoms with Crippen LogP contribution in [0.1, 0.15) is 26.2 Å². The Bertz CT molecular complexity index is 1240. The lowest BCUT2D eigenvalue weighted by atomic mass is 10.1. The van der Waals surface area contributed by atoms with Crippen molar-refractivity contribution in [1.29, 1.82) is 0 Å². The van der Waals surface area contributed by atoms with Crippen LogP contribution in [0.5, 0.6) is 23.0 Å². The van der Waals surface area contributed by atoms with Crippen molar-refractivity contribution in [1.82, 2.24) is 0 Å². The van der Waals surface area contributed by atoms with E-state index in [1.165, 1.54) is 24.0 Å². The van der Waals surface area contributed by atoms with E-state index in [9.17, 15) is 0 Å². The first kappa shape index (κ1) is 21.7. The van der Waals surface area contributed by atoms with Crippen LogP contribution in [0.15, 0.2) is 66.7 Å². The standard InChI is InChI=1S/C28H29NO3S/c1-3-31-23-14-10-15-24(26(23)29-17-7-4-8-18-29)32-27-22-13-5-6-16-25(22)33-28(27)20-11-9-12-21(19-20)30-2/h5-6,9-16,19H,3-4,7-8,17-18H2,1-2H3. The van der Waals surface area contributed by atoms with Crippen molar-refractivity contribution in [3.05, 3.63) is 66.7 Å². The molecule has 0 atom stereocenters. The van der Waals surface area contributed by atoms with Crippen molar-refractivity contribution in [2.24, 2.45) is 0 Å². The summed E-state index contributed by atoms with van der Waals surface area (Å²) in [5, 5.41) is 1.12. The van der Waals surface area contributed by atoms with E-state index in [0.717, 1.165) is 57.6 Å². The number of hydrogen-bond acceptors (Lipinski definition) is 5. The second-order valence-electron chi connectivity index (χ2n) is 8.17. The first-order chi connectivity index (χ1) is 16.3. The highest BCUT2D eigenvalue weighted by Crippen LogP contribution is 2.49. The summed E-state index contributed by atoms with van der Waals surface area (Å²) in [7, 11) is 1.70. The molecule has 170 valence electrons. The molecule has 1 aromatic heterocycles. The van der Waals surface area contributed by atoms with Gasteiger partial charge in [-0.25, -0.2) is 0 Å². The van der Waals surface area contributed by atoms with Gasteiger partial charge in [-0.15, -0.1) is 11.3 Å². The number of para-hydroxylation sites is 1. The summed E-state index contributed by atoms with van der Waals surface area (Å²) < 4.78 is 19.5. The number of rotatable bonds is 7. The molecule has 0 amide bonds. The predicted octanol–water partition coefficient (Wildman–Crippen LogP) is 7.76. The molecule has 0 bridgehead atoms. The van der Waals surface area contributed by atoms with Crippen LogP contribution in [0, 0.1) is 0 Å². The molecule has 2 heterocycles. The molecule has 1 saturated heterocycles. The van der Waals surface area contributed by atoms with Gasteiger partial charge in [-0.3, -0.25) is 0 Å². The number of nitrogens with zero attached hydrogens (tertiary/aromatic N) is 1. The largest absolute Gasteiger partial charge is 0.497 e. The van der Waals surface area contributed by atoms with Gasteiger partial charge in [-0.1, -0.05) is 30.3 Å². The van der Waals surface area contributed by atoms with Gasteiger partial charge >= 0.3 is 0 Å². The summed E-state index contributed by atoms with van der Waals surface area (Å²) in [6.07, 6.45) is 3.66. The quantitative estimate of drug-likeness (QED) is 0.283. The molecule has 4 nitrogen and oxygen atoms in total. The third-order valence-corrected chi connectivity index (χ3v) is 7.23. The molecule has 0 saturated carbocycles. The van der Waals surface area contributed by atoms with Crippen molar-refractivity contribution >= 4 is 27.1 Å². The van der Waals surface area contributed by atoms with Crippen molar-refractivity contribution in [2.45, 2.75) is 26.2 Å². The zero-order valence-corrected chi connectivity index (χ0v) is 20.0. The van der Waals surface area contributed by atoms with Crippen molar-refractivity contribution < 1.29 is 14.2 Å². The summed E-state index contributed by atoms with van der Waals surface area (Å²) in [5.74, 6) is 3.45. The third kappa shape index (κ3) is 4.38. The molecule has 1 aliphatic heterocycles. The van der Waals surface area contributed by atoms with Crippen LogP contribution in [0.25, 0.3) is 20.5 Å². The van der Waals surface area contributed by atoms with E-state index >= 15 is 0 Å². The van der Waals surface area contributed by atoms with Crippen molar-refractivity contribution in [3.8, 4) is 33.4 Å². The van der Waals surface area contributed by atoms with Crippen LogP contribution < -0.4 is 19.1 Å². The summed E-state index contributed by atoms with van der Waals surface area (Å²) in [6.45, 7) is 4.70. The Morgan fingerprint density at radius 1 is 0.879 bits per heavy atom. The lowest BCUT2D eigenvalue weighted by molar-refractivity contribution is 0.337. The molecule has 0 aliphatic carbocycles. The Kier molecular flexibility index (Phi) is 6.40. The lowest BCUT2D eigenvalue weighted by Gasteiger charge is -2.31. The lowest BCUT2D eigenvalue weighted by Crippen LogP contribution is -2.30. The fourth-order valence-electron chi connectivity index (χ4n) is 4.47. The van der Waals surface area contributed by atoms with E-state index in [1.807, 2.05) is 25.1 Å². The van der Waals surface area contributed by atoms with Crippen LogP contribution in [-0.4, -0.2) is 26.8 Å². The van der Waals surface area contributed by atoms with Gasteiger partial charge in [0.15, 0.2) is 11.5 Å². The molecule has 0 N–H and O–H groups in total. The molecular weight excluding hydrogens is 430 g/mol. The Balaban J connectivity index is 1.64. The highest BCUT2D eigenvalue weighted by molar-refractivity contribution is 7.22. The molecule has 1 aliphatic rings. The number of piperidine rings is 1. The first-order valence-electron chi connectivity index (χ1n) is 11.6. The number of hydrogen-bond donors (Lipinski definition) is 0. The monoisotopic (exact) mass is 459 g/mol. The molecular formula is C28H29NO3S. The zero-order valence-electron chi connectivity index (χ0n) is 19.2. The van der Waals surface area contributed by atoms with E-state index in [1.54, 1.807) is 18.4 Å². The summed E-state index contributed by atoms with van der Waals surface area (Å²) in [5.41, 5.74) is 2.15. The molecule has 3 aromatic carbocycles. The Morgan fingerprint density at radius 2 is 1.67 bits per heavy atom. The first-order valence-corrected chi connectivity index (χ1v) is 12.4. The number of anilines is 1. The minimum atomic E-state index is 0.626. The SMILES string of the molecule is CCOc1cccc(Oc2c(-c3cccc(OC)c3)sc3ccccc23)c1N1CCCCC1. The Morgan fingerprint density at radius 3 is 2.48 bits per heavy atom. The molecule has 1 fully saturated rings. The summed E-state index contributed by atoms with van der Waals surface area (Å²) >= 11 is 1.75. The highest BCUT2D eigenvalue weighted by atomic mass is 32.1. The summed E-state index contributed by atoms with van der Waals surface area (Å²) in [4.78, 5) is 3.52. The average molecular weight is 460 g/mol. The van der Waals surface area contributed by atoms with Crippen LogP contribution in [0.4, 0.5) is 5.69 Å². The van der Waals surface area contributed by atoms with E-state index in [4.69, 9.17) is 14.2 Å². The fraction of sp³-hybridized carbons (Fsp3) is 0.286. The third-order valence-electron chi connectivity index (χ3n) is 6.03. The minimum Gasteiger partial charge on any atom is -0.497 e. The van der Waals surface area contributed by atoms with Crippen LogP contribution in [0.3, 0.4) is 0 Å². The number of methoxy groups -OCH3 is 1. The molecule has 0 radical (unpaired) electrons. The molecule has 5 rings (SSSR count). The average Bonchev–Trinajstić information content (AvgIpc) is 3.23. The van der Waals surface area contributed by atoms with Crippen LogP contribution in [-0.2, 0) is 0 Å². The van der Waals surface area contributed by atoms with Gasteiger partial charge in [0.05, 0.1) is 18.6 Å². The fourth-order valence-corrected chi connectivity index (χ4v) is 5.60. The number of ether oxygens (including phenoxy) is 3. The Hall–Kier alpha value is -3.18. The van der Waals surface area contributed by atoms with Crippen molar-refractivity contribution in [2.75, 3.05) is 31.7 Å². The predicted molar refractivity (Wildman–Crippen MR) is 138 cm³/mol. The Labute approximate surface area is 199 Å². The molecule has 33 heavy (non-hydrogen) atoms. The van der Waals surface area contributed by atoms with Crippen molar-refractivity contribution in [3.63, 3.8) is 0 Å². The molecule has 0 spiro atoms.